The molecular formula is C4H6Br3ClO. The molecule has 0 radical (unpaired) electrons. The van der Waals surface area contributed by atoms with Crippen molar-refractivity contribution in [1.82, 2.24) is 0 Å². The summed E-state index contributed by atoms with van der Waals surface area (Å²) in [4.78, 5) is 0. The summed E-state index contributed by atoms with van der Waals surface area (Å²) in [6, 6.07) is 0. The second kappa shape index (κ2) is 4.54. The lowest BCUT2D eigenvalue weighted by Crippen LogP contribution is -2.20. The van der Waals surface area contributed by atoms with Gasteiger partial charge in [-0.1, -0.05) is 59.4 Å². The van der Waals surface area contributed by atoms with Crippen molar-refractivity contribution in [2.75, 3.05) is 6.61 Å². The SMILES string of the molecule is CCOC(Cl)C(Br)(Br)Br. The van der Waals surface area contributed by atoms with Crippen molar-refractivity contribution in [2.24, 2.45) is 0 Å². The summed E-state index contributed by atoms with van der Waals surface area (Å²) >= 11 is 15.4. The van der Waals surface area contributed by atoms with Gasteiger partial charge < -0.3 is 4.74 Å². The van der Waals surface area contributed by atoms with Crippen LogP contribution in [0.3, 0.4) is 0 Å². The van der Waals surface area contributed by atoms with Crippen LogP contribution in [0.2, 0.25) is 0 Å². The number of hydrogen-bond acceptors (Lipinski definition) is 1. The Balaban J connectivity index is 3.59. The molecule has 5 heteroatoms. The Morgan fingerprint density at radius 2 is 2.00 bits per heavy atom. The van der Waals surface area contributed by atoms with Crippen LogP contribution in [0.4, 0.5) is 0 Å². The minimum Gasteiger partial charge on any atom is -0.359 e. The topological polar surface area (TPSA) is 9.23 Å². The maximum atomic E-state index is 5.69. The average molecular weight is 345 g/mol. The fourth-order valence-electron chi connectivity index (χ4n) is 0.241. The zero-order valence-electron chi connectivity index (χ0n) is 4.70. The summed E-state index contributed by atoms with van der Waals surface area (Å²) in [6.45, 7) is 2.48. The van der Waals surface area contributed by atoms with Gasteiger partial charge in [-0.05, 0) is 6.92 Å². The highest BCUT2D eigenvalue weighted by Gasteiger charge is 2.28. The van der Waals surface area contributed by atoms with Gasteiger partial charge in [0.15, 0.2) is 7.71 Å². The van der Waals surface area contributed by atoms with E-state index in [0.29, 0.717) is 6.61 Å². The predicted molar refractivity (Wildman–Crippen MR) is 50.8 cm³/mol. The lowest BCUT2D eigenvalue weighted by molar-refractivity contribution is 0.129. The van der Waals surface area contributed by atoms with Crippen molar-refractivity contribution >= 4 is 59.4 Å². The predicted octanol–water partition coefficient (Wildman–Crippen LogP) is 3.43. The van der Waals surface area contributed by atoms with E-state index >= 15 is 0 Å². The number of hydrogen-bond donors (Lipinski definition) is 0. The minimum absolute atomic E-state index is 0.414. The van der Waals surface area contributed by atoms with Crippen LogP contribution in [0.1, 0.15) is 6.92 Å². The Morgan fingerprint density at radius 1 is 1.56 bits per heavy atom. The van der Waals surface area contributed by atoms with Crippen LogP contribution < -0.4 is 0 Å². The molecule has 1 unspecified atom stereocenters. The molecule has 0 amide bonds. The molecule has 0 saturated carbocycles. The highest BCUT2D eigenvalue weighted by molar-refractivity contribution is 9.39. The third-order valence-electron chi connectivity index (χ3n) is 0.570. The van der Waals surface area contributed by atoms with E-state index in [4.69, 9.17) is 16.3 Å². The molecule has 0 fully saturated rings. The van der Waals surface area contributed by atoms with E-state index in [-0.39, 0.29) is 0 Å². The van der Waals surface area contributed by atoms with Crippen molar-refractivity contribution in [2.45, 2.75) is 14.6 Å². The van der Waals surface area contributed by atoms with Gasteiger partial charge in [-0.2, -0.15) is 0 Å². The molecule has 0 aliphatic rings. The molecule has 0 aliphatic heterocycles. The van der Waals surface area contributed by atoms with Gasteiger partial charge in [0.1, 0.15) is 0 Å². The number of alkyl halides is 4. The molecule has 0 aromatic rings. The molecule has 0 N–H and O–H groups in total. The number of rotatable bonds is 2. The smallest absolute Gasteiger partial charge is 0.174 e. The quantitative estimate of drug-likeness (QED) is 0.697. The zero-order chi connectivity index (χ0) is 7.49. The number of ether oxygens (including phenoxy) is 1. The molecule has 0 aromatic carbocycles. The summed E-state index contributed by atoms with van der Waals surface area (Å²) in [5, 5.41) is 0. The maximum Gasteiger partial charge on any atom is 0.174 e. The van der Waals surface area contributed by atoms with E-state index in [1.807, 2.05) is 6.92 Å². The fraction of sp³-hybridized carbons (Fsp3) is 1.00. The van der Waals surface area contributed by atoms with Crippen LogP contribution in [0.5, 0.6) is 0 Å². The molecule has 1 nitrogen and oxygen atoms in total. The normalized spacial score (nSPS) is 15.7. The lowest BCUT2D eigenvalue weighted by atomic mass is 10.8. The Labute approximate surface area is 84.9 Å². The Bertz CT molecular complexity index is 82.4. The monoisotopic (exact) mass is 342 g/mol. The molecule has 0 bridgehead atoms. The molecule has 0 spiro atoms. The van der Waals surface area contributed by atoms with Crippen molar-refractivity contribution < 1.29 is 4.74 Å². The van der Waals surface area contributed by atoms with Gasteiger partial charge in [-0.15, -0.1) is 0 Å². The van der Waals surface area contributed by atoms with Crippen molar-refractivity contribution in [3.8, 4) is 0 Å². The van der Waals surface area contributed by atoms with Crippen LogP contribution in [0, 0.1) is 0 Å². The van der Waals surface area contributed by atoms with E-state index in [0.717, 1.165) is 0 Å². The molecule has 9 heavy (non-hydrogen) atoms. The number of halogens is 4. The van der Waals surface area contributed by atoms with Crippen LogP contribution in [-0.4, -0.2) is 14.3 Å². The first-order valence-electron chi connectivity index (χ1n) is 2.31. The molecule has 1 atom stereocenters. The molecule has 0 aromatic heterocycles. The highest BCUT2D eigenvalue weighted by Crippen LogP contribution is 2.40. The van der Waals surface area contributed by atoms with Crippen molar-refractivity contribution in [3.63, 3.8) is 0 Å². The van der Waals surface area contributed by atoms with Gasteiger partial charge in [0, 0.05) is 6.61 Å². The summed E-state index contributed by atoms with van der Waals surface area (Å²) < 4.78 is 4.52. The second-order valence-electron chi connectivity index (χ2n) is 1.31. The Kier molecular flexibility index (Phi) is 5.40. The van der Waals surface area contributed by atoms with Gasteiger partial charge in [0.25, 0.3) is 0 Å². The lowest BCUT2D eigenvalue weighted by Gasteiger charge is -2.18. The average Bonchev–Trinajstić information content (AvgIpc) is 1.64. The van der Waals surface area contributed by atoms with Crippen molar-refractivity contribution in [3.05, 3.63) is 0 Å². The van der Waals surface area contributed by atoms with Crippen LogP contribution >= 0.6 is 59.4 Å². The summed E-state index contributed by atoms with van der Waals surface area (Å²) in [5.74, 6) is 0. The summed E-state index contributed by atoms with van der Waals surface area (Å²) in [6.07, 6.45) is 0. The van der Waals surface area contributed by atoms with Gasteiger partial charge >= 0.3 is 0 Å². The largest absolute Gasteiger partial charge is 0.359 e. The van der Waals surface area contributed by atoms with Gasteiger partial charge in [0.05, 0.1) is 0 Å². The minimum atomic E-state index is -0.509. The Hall–Kier alpha value is 1.69. The third-order valence-corrected chi connectivity index (χ3v) is 3.06. The molecule has 0 aliphatic carbocycles. The molecule has 0 saturated heterocycles. The molecule has 56 valence electrons. The summed E-state index contributed by atoms with van der Waals surface area (Å²) in [5.41, 5.74) is -0.414. The van der Waals surface area contributed by atoms with Crippen LogP contribution in [0.15, 0.2) is 0 Å². The molecule has 0 heterocycles. The van der Waals surface area contributed by atoms with E-state index < -0.39 is 7.71 Å². The Morgan fingerprint density at radius 3 is 2.11 bits per heavy atom. The molecular weight excluding hydrogens is 339 g/mol. The van der Waals surface area contributed by atoms with Crippen LogP contribution in [-0.2, 0) is 4.74 Å². The van der Waals surface area contributed by atoms with Crippen molar-refractivity contribution in [1.29, 1.82) is 0 Å². The fourth-order valence-corrected chi connectivity index (χ4v) is 0.763. The first kappa shape index (κ1) is 10.7. The first-order valence-corrected chi connectivity index (χ1v) is 5.12. The zero-order valence-corrected chi connectivity index (χ0v) is 10.2. The van der Waals surface area contributed by atoms with Gasteiger partial charge in [0.2, 0.25) is 0 Å². The van der Waals surface area contributed by atoms with E-state index in [2.05, 4.69) is 47.8 Å². The van der Waals surface area contributed by atoms with Gasteiger partial charge in [-0.25, -0.2) is 0 Å². The maximum absolute atomic E-state index is 5.69. The standard InChI is InChI=1S/C4H6Br3ClO/c1-2-9-3(8)4(5,6)7/h3H,2H2,1H3. The summed E-state index contributed by atoms with van der Waals surface area (Å²) in [7, 11) is 0. The first-order chi connectivity index (χ1) is 3.98. The van der Waals surface area contributed by atoms with E-state index in [1.54, 1.807) is 0 Å². The highest BCUT2D eigenvalue weighted by atomic mass is 80.0. The van der Waals surface area contributed by atoms with Gasteiger partial charge in [-0.3, -0.25) is 0 Å². The third kappa shape index (κ3) is 5.01. The van der Waals surface area contributed by atoms with Crippen LogP contribution in [0.25, 0.3) is 0 Å². The van der Waals surface area contributed by atoms with E-state index in [1.165, 1.54) is 0 Å². The van der Waals surface area contributed by atoms with E-state index in [9.17, 15) is 0 Å². The molecule has 0 rings (SSSR count). The second-order valence-corrected chi connectivity index (χ2v) is 8.65.